The third kappa shape index (κ3) is 3.50. The summed E-state index contributed by atoms with van der Waals surface area (Å²) in [6.45, 7) is 1.87. The Hall–Kier alpha value is -2.41. The summed E-state index contributed by atoms with van der Waals surface area (Å²) in [4.78, 5) is 11.4. The zero-order valence-electron chi connectivity index (χ0n) is 12.7. The number of hydrogen-bond donors (Lipinski definition) is 0. The van der Waals surface area contributed by atoms with E-state index in [4.69, 9.17) is 0 Å². The van der Waals surface area contributed by atoms with E-state index in [9.17, 15) is 17.6 Å². The summed E-state index contributed by atoms with van der Waals surface area (Å²) < 4.78 is 44.2. The standard InChI is InChI=1S/C16H16FNO4S/c1-3-18(14-8-6-13(17)7-9-14)23(20,21)15-10-4-12(5-11-15)16(19)22-2/h4-11H,3H2,1-2H3. The van der Waals surface area contributed by atoms with Crippen molar-refractivity contribution >= 4 is 21.7 Å². The predicted octanol–water partition coefficient (Wildman–Crippen LogP) is 2.83. The van der Waals surface area contributed by atoms with Gasteiger partial charge in [0.05, 0.1) is 23.3 Å². The van der Waals surface area contributed by atoms with Crippen LogP contribution in [-0.4, -0.2) is 28.0 Å². The van der Waals surface area contributed by atoms with Crippen LogP contribution in [0.25, 0.3) is 0 Å². The molecule has 0 radical (unpaired) electrons. The zero-order chi connectivity index (χ0) is 17.0. The molecule has 0 amide bonds. The number of esters is 1. The van der Waals surface area contributed by atoms with Crippen LogP contribution in [0.15, 0.2) is 53.4 Å². The summed E-state index contributed by atoms with van der Waals surface area (Å²) in [5.41, 5.74) is 0.627. The molecule has 23 heavy (non-hydrogen) atoms. The first-order chi connectivity index (χ1) is 10.9. The molecule has 7 heteroatoms. The number of benzene rings is 2. The van der Waals surface area contributed by atoms with E-state index in [1.54, 1.807) is 6.92 Å². The Morgan fingerprint density at radius 1 is 1.09 bits per heavy atom. The molecule has 0 N–H and O–H groups in total. The van der Waals surface area contributed by atoms with Crippen molar-refractivity contribution in [2.75, 3.05) is 18.0 Å². The topological polar surface area (TPSA) is 63.7 Å². The number of sulfonamides is 1. The van der Waals surface area contributed by atoms with Gasteiger partial charge in [-0.05, 0) is 55.5 Å². The zero-order valence-corrected chi connectivity index (χ0v) is 13.5. The molecule has 0 saturated carbocycles. The van der Waals surface area contributed by atoms with Crippen LogP contribution in [0.1, 0.15) is 17.3 Å². The van der Waals surface area contributed by atoms with Crippen LogP contribution in [0.3, 0.4) is 0 Å². The first-order valence-electron chi connectivity index (χ1n) is 6.87. The second-order valence-corrected chi connectivity index (χ2v) is 6.52. The molecule has 0 aliphatic heterocycles. The number of methoxy groups -OCH3 is 1. The lowest BCUT2D eigenvalue weighted by molar-refractivity contribution is 0.0600. The van der Waals surface area contributed by atoms with Gasteiger partial charge in [0.15, 0.2) is 0 Å². The van der Waals surface area contributed by atoms with Gasteiger partial charge < -0.3 is 4.74 Å². The van der Waals surface area contributed by atoms with E-state index in [1.807, 2.05) is 0 Å². The van der Waals surface area contributed by atoms with Crippen LogP contribution in [0.2, 0.25) is 0 Å². The van der Waals surface area contributed by atoms with Crippen LogP contribution >= 0.6 is 0 Å². The van der Waals surface area contributed by atoms with Crippen LogP contribution in [0, 0.1) is 5.82 Å². The number of nitrogens with zero attached hydrogens (tertiary/aromatic N) is 1. The summed E-state index contributed by atoms with van der Waals surface area (Å²) in [6.07, 6.45) is 0. The van der Waals surface area contributed by atoms with E-state index >= 15 is 0 Å². The van der Waals surface area contributed by atoms with Crippen molar-refractivity contribution in [1.29, 1.82) is 0 Å². The quantitative estimate of drug-likeness (QED) is 0.787. The van der Waals surface area contributed by atoms with Crippen molar-refractivity contribution in [2.45, 2.75) is 11.8 Å². The molecule has 0 atom stereocenters. The molecule has 0 unspecified atom stereocenters. The second kappa shape index (κ2) is 6.78. The van der Waals surface area contributed by atoms with Crippen molar-refractivity contribution in [3.8, 4) is 0 Å². The summed E-state index contributed by atoms with van der Waals surface area (Å²) in [5, 5.41) is 0. The summed E-state index contributed by atoms with van der Waals surface area (Å²) in [7, 11) is -2.56. The summed E-state index contributed by atoms with van der Waals surface area (Å²) >= 11 is 0. The fraction of sp³-hybridized carbons (Fsp3) is 0.188. The molecule has 2 aromatic carbocycles. The first kappa shape index (κ1) is 17.0. The SMILES string of the molecule is CCN(c1ccc(F)cc1)S(=O)(=O)c1ccc(C(=O)OC)cc1. The minimum atomic E-state index is -3.81. The van der Waals surface area contributed by atoms with Crippen molar-refractivity contribution in [2.24, 2.45) is 0 Å². The molecule has 0 heterocycles. The molecule has 122 valence electrons. The molecule has 5 nitrogen and oxygen atoms in total. The minimum Gasteiger partial charge on any atom is -0.465 e. The van der Waals surface area contributed by atoms with Crippen molar-refractivity contribution < 1.29 is 22.3 Å². The molecule has 0 bridgehead atoms. The molecular weight excluding hydrogens is 321 g/mol. The van der Waals surface area contributed by atoms with E-state index in [0.29, 0.717) is 5.69 Å². The Morgan fingerprint density at radius 3 is 2.13 bits per heavy atom. The van der Waals surface area contributed by atoms with Crippen LogP contribution in [-0.2, 0) is 14.8 Å². The van der Waals surface area contributed by atoms with E-state index < -0.39 is 21.8 Å². The van der Waals surface area contributed by atoms with E-state index in [2.05, 4.69) is 4.74 Å². The van der Waals surface area contributed by atoms with Gasteiger partial charge in [-0.25, -0.2) is 17.6 Å². The molecule has 0 aliphatic rings. The average molecular weight is 337 g/mol. The highest BCUT2D eigenvalue weighted by molar-refractivity contribution is 7.92. The van der Waals surface area contributed by atoms with E-state index in [1.165, 1.54) is 59.9 Å². The lowest BCUT2D eigenvalue weighted by Crippen LogP contribution is -2.30. The number of hydrogen-bond acceptors (Lipinski definition) is 4. The molecule has 0 aliphatic carbocycles. The second-order valence-electron chi connectivity index (χ2n) is 4.66. The number of ether oxygens (including phenoxy) is 1. The Morgan fingerprint density at radius 2 is 1.65 bits per heavy atom. The van der Waals surface area contributed by atoms with Gasteiger partial charge >= 0.3 is 5.97 Å². The normalized spacial score (nSPS) is 11.1. The molecule has 0 aromatic heterocycles. The van der Waals surface area contributed by atoms with Gasteiger partial charge in [-0.2, -0.15) is 0 Å². The van der Waals surface area contributed by atoms with Crippen molar-refractivity contribution in [1.82, 2.24) is 0 Å². The molecule has 0 spiro atoms. The fourth-order valence-electron chi connectivity index (χ4n) is 2.11. The monoisotopic (exact) mass is 337 g/mol. The molecule has 0 saturated heterocycles. The first-order valence-corrected chi connectivity index (χ1v) is 8.31. The maximum Gasteiger partial charge on any atom is 0.337 e. The summed E-state index contributed by atoms with van der Waals surface area (Å²) in [6, 6.07) is 10.7. The Kier molecular flexibility index (Phi) is 5.00. The lowest BCUT2D eigenvalue weighted by atomic mass is 10.2. The van der Waals surface area contributed by atoms with Crippen molar-refractivity contribution in [3.63, 3.8) is 0 Å². The van der Waals surface area contributed by atoms with E-state index in [-0.39, 0.29) is 17.0 Å². The molecule has 2 aromatic rings. The Bertz CT molecular complexity index is 786. The maximum absolute atomic E-state index is 13.0. The van der Waals surface area contributed by atoms with Crippen LogP contribution in [0.4, 0.5) is 10.1 Å². The van der Waals surface area contributed by atoms with Gasteiger partial charge in [-0.1, -0.05) is 0 Å². The third-order valence-corrected chi connectivity index (χ3v) is 5.18. The predicted molar refractivity (Wildman–Crippen MR) is 84.4 cm³/mol. The van der Waals surface area contributed by atoms with Crippen LogP contribution in [0.5, 0.6) is 0 Å². The molecule has 2 rings (SSSR count). The number of anilines is 1. The van der Waals surface area contributed by atoms with Gasteiger partial charge in [0, 0.05) is 6.54 Å². The van der Waals surface area contributed by atoms with Gasteiger partial charge in [0.2, 0.25) is 0 Å². The number of rotatable bonds is 5. The van der Waals surface area contributed by atoms with Crippen LogP contribution < -0.4 is 4.31 Å². The van der Waals surface area contributed by atoms with Gasteiger partial charge in [0.1, 0.15) is 5.82 Å². The van der Waals surface area contributed by atoms with Gasteiger partial charge in [-0.3, -0.25) is 4.31 Å². The molecule has 0 fully saturated rings. The van der Waals surface area contributed by atoms with E-state index in [0.717, 1.165) is 0 Å². The number of carbonyl (C=O) groups excluding carboxylic acids is 1. The largest absolute Gasteiger partial charge is 0.465 e. The number of halogens is 1. The highest BCUT2D eigenvalue weighted by Crippen LogP contribution is 2.24. The lowest BCUT2D eigenvalue weighted by Gasteiger charge is -2.23. The number of carbonyl (C=O) groups is 1. The fourth-order valence-corrected chi connectivity index (χ4v) is 3.58. The average Bonchev–Trinajstić information content (AvgIpc) is 2.56. The Balaban J connectivity index is 2.39. The highest BCUT2D eigenvalue weighted by atomic mass is 32.2. The summed E-state index contributed by atoms with van der Waals surface area (Å²) in [5.74, 6) is -0.982. The Labute approximate surface area is 134 Å². The molecular formula is C16H16FNO4S. The van der Waals surface area contributed by atoms with Gasteiger partial charge in [0.25, 0.3) is 10.0 Å². The third-order valence-electron chi connectivity index (χ3n) is 3.27. The van der Waals surface area contributed by atoms with Crippen molar-refractivity contribution in [3.05, 3.63) is 59.9 Å². The maximum atomic E-state index is 13.0. The van der Waals surface area contributed by atoms with Gasteiger partial charge in [-0.15, -0.1) is 0 Å². The highest BCUT2D eigenvalue weighted by Gasteiger charge is 2.23. The smallest absolute Gasteiger partial charge is 0.337 e. The minimum absolute atomic E-state index is 0.0383.